The van der Waals surface area contributed by atoms with Gasteiger partial charge in [-0.15, -0.1) is 11.3 Å². The molecule has 0 unspecified atom stereocenters. The van der Waals surface area contributed by atoms with Crippen molar-refractivity contribution >= 4 is 29.0 Å². The summed E-state index contributed by atoms with van der Waals surface area (Å²) in [5.74, 6) is 0. The smallest absolute Gasteiger partial charge is 0.0934 e. The van der Waals surface area contributed by atoms with E-state index in [1.807, 2.05) is 25.1 Å². The van der Waals surface area contributed by atoms with Crippen molar-refractivity contribution in [2.24, 2.45) is 0 Å². The van der Waals surface area contributed by atoms with Crippen LogP contribution in [0.3, 0.4) is 0 Å². The molecule has 0 saturated heterocycles. The highest BCUT2D eigenvalue weighted by Gasteiger charge is 1.93. The fourth-order valence-corrected chi connectivity index (χ4v) is 1.78. The minimum atomic E-state index is 0.107. The molecule has 11 heavy (non-hydrogen) atoms. The maximum Gasteiger partial charge on any atom is 0.0934 e. The van der Waals surface area contributed by atoms with Crippen LogP contribution in [0.5, 0.6) is 0 Å². The number of aliphatic hydroxyl groups is 1. The number of rotatable bonds is 2. The Hall–Kier alpha value is -0.310. The molecule has 0 aliphatic heterocycles. The van der Waals surface area contributed by atoms with Crippen molar-refractivity contribution in [3.05, 3.63) is 26.9 Å². The van der Waals surface area contributed by atoms with E-state index >= 15 is 0 Å². The first-order valence-electron chi connectivity index (χ1n) is 3.26. The first kappa shape index (κ1) is 8.78. The highest BCUT2D eigenvalue weighted by molar-refractivity contribution is 7.17. The van der Waals surface area contributed by atoms with Gasteiger partial charge < -0.3 is 5.11 Å². The zero-order valence-electron chi connectivity index (χ0n) is 6.17. The van der Waals surface area contributed by atoms with Crippen molar-refractivity contribution in [2.75, 3.05) is 6.61 Å². The van der Waals surface area contributed by atoms with Crippen molar-refractivity contribution in [1.29, 1.82) is 0 Å². The molecule has 1 heterocycles. The van der Waals surface area contributed by atoms with Gasteiger partial charge in [-0.3, -0.25) is 0 Å². The van der Waals surface area contributed by atoms with E-state index in [1.54, 1.807) is 0 Å². The van der Waals surface area contributed by atoms with Gasteiger partial charge in [0.15, 0.2) is 0 Å². The van der Waals surface area contributed by atoms with E-state index in [1.165, 1.54) is 11.3 Å². The maximum atomic E-state index is 8.71. The Morgan fingerprint density at radius 1 is 1.73 bits per heavy atom. The van der Waals surface area contributed by atoms with Crippen LogP contribution in [-0.4, -0.2) is 11.7 Å². The van der Waals surface area contributed by atoms with E-state index in [0.717, 1.165) is 14.8 Å². The molecule has 1 N–H and O–H groups in total. The molecule has 60 valence electrons. The largest absolute Gasteiger partial charge is 0.392 e. The predicted octanol–water partition coefficient (Wildman–Crippen LogP) is 2.80. The molecule has 1 aromatic heterocycles. The van der Waals surface area contributed by atoms with E-state index in [4.69, 9.17) is 16.7 Å². The Kier molecular flexibility index (Phi) is 3.12. The van der Waals surface area contributed by atoms with Crippen LogP contribution in [-0.2, 0) is 0 Å². The lowest BCUT2D eigenvalue weighted by molar-refractivity contribution is 0.332. The second-order valence-electron chi connectivity index (χ2n) is 2.29. The van der Waals surface area contributed by atoms with Crippen LogP contribution in [0, 0.1) is 0 Å². The van der Waals surface area contributed by atoms with Crippen molar-refractivity contribution < 1.29 is 5.11 Å². The summed E-state index contributed by atoms with van der Waals surface area (Å²) < 4.78 is 0.780. The predicted molar refractivity (Wildman–Crippen MR) is 50.1 cm³/mol. The van der Waals surface area contributed by atoms with Crippen molar-refractivity contribution in [3.63, 3.8) is 0 Å². The molecule has 0 saturated carbocycles. The van der Waals surface area contributed by atoms with E-state index in [0.29, 0.717) is 0 Å². The average Bonchev–Trinajstić information content (AvgIpc) is 2.35. The first-order chi connectivity index (χ1) is 5.22. The summed E-state index contributed by atoms with van der Waals surface area (Å²) in [5.41, 5.74) is 0.948. The van der Waals surface area contributed by atoms with Crippen molar-refractivity contribution in [1.82, 2.24) is 0 Å². The van der Waals surface area contributed by atoms with Crippen LogP contribution < -0.4 is 0 Å². The molecule has 0 atom stereocenters. The highest BCUT2D eigenvalue weighted by atomic mass is 35.5. The first-order valence-corrected chi connectivity index (χ1v) is 4.45. The molecule has 0 radical (unpaired) electrons. The van der Waals surface area contributed by atoms with Gasteiger partial charge in [0.25, 0.3) is 0 Å². The molecule has 0 fully saturated rings. The van der Waals surface area contributed by atoms with Gasteiger partial charge in [0.2, 0.25) is 0 Å². The van der Waals surface area contributed by atoms with Crippen LogP contribution in [0.15, 0.2) is 17.7 Å². The molecule has 3 heteroatoms. The number of hydrogen-bond donors (Lipinski definition) is 1. The topological polar surface area (TPSA) is 20.2 Å². The minimum Gasteiger partial charge on any atom is -0.392 e. The SMILES string of the molecule is C/C(=C/c1ccc(Cl)s1)CO. The number of thiophene rings is 1. The van der Waals surface area contributed by atoms with E-state index in [2.05, 4.69) is 0 Å². The summed E-state index contributed by atoms with van der Waals surface area (Å²) >= 11 is 7.22. The molecule has 0 aliphatic rings. The monoisotopic (exact) mass is 188 g/mol. The summed E-state index contributed by atoms with van der Waals surface area (Å²) in [6, 6.07) is 3.79. The maximum absolute atomic E-state index is 8.71. The molecule has 0 aromatic carbocycles. The van der Waals surface area contributed by atoms with Crippen LogP contribution in [0.1, 0.15) is 11.8 Å². The zero-order valence-corrected chi connectivity index (χ0v) is 7.75. The number of aliphatic hydroxyl groups excluding tert-OH is 1. The average molecular weight is 189 g/mol. The third-order valence-electron chi connectivity index (χ3n) is 1.23. The van der Waals surface area contributed by atoms with Gasteiger partial charge in [-0.25, -0.2) is 0 Å². The third-order valence-corrected chi connectivity index (χ3v) is 2.41. The summed E-state index contributed by atoms with van der Waals surface area (Å²) in [7, 11) is 0. The quantitative estimate of drug-likeness (QED) is 0.757. The van der Waals surface area contributed by atoms with Gasteiger partial charge in [-0.05, 0) is 30.7 Å². The summed E-state index contributed by atoms with van der Waals surface area (Å²) in [6.07, 6.45) is 1.93. The van der Waals surface area contributed by atoms with E-state index in [9.17, 15) is 0 Å². The Bertz CT molecular complexity index is 265. The van der Waals surface area contributed by atoms with Gasteiger partial charge in [0.05, 0.1) is 10.9 Å². The molecular formula is C8H9ClOS. The Balaban J connectivity index is 2.78. The Labute approximate surface area is 74.9 Å². The normalized spacial score (nSPS) is 12.1. The number of hydrogen-bond acceptors (Lipinski definition) is 2. The molecule has 1 aromatic rings. The standard InChI is InChI=1S/C8H9ClOS/c1-6(5-10)4-7-2-3-8(9)11-7/h2-4,10H,5H2,1H3/b6-4-. The fourth-order valence-electron chi connectivity index (χ4n) is 0.694. The minimum absolute atomic E-state index is 0.107. The lowest BCUT2D eigenvalue weighted by Crippen LogP contribution is -1.81. The fraction of sp³-hybridized carbons (Fsp3) is 0.250. The van der Waals surface area contributed by atoms with Crippen LogP contribution in [0.4, 0.5) is 0 Å². The lowest BCUT2D eigenvalue weighted by atomic mass is 10.3. The molecular weight excluding hydrogens is 180 g/mol. The number of halogens is 1. The molecule has 0 spiro atoms. The third kappa shape index (κ3) is 2.66. The molecule has 0 bridgehead atoms. The highest BCUT2D eigenvalue weighted by Crippen LogP contribution is 2.23. The molecule has 0 aliphatic carbocycles. The van der Waals surface area contributed by atoms with Crippen molar-refractivity contribution in [3.8, 4) is 0 Å². The van der Waals surface area contributed by atoms with Gasteiger partial charge in [0, 0.05) is 4.88 Å². The lowest BCUT2D eigenvalue weighted by Gasteiger charge is -1.90. The Morgan fingerprint density at radius 3 is 2.91 bits per heavy atom. The summed E-state index contributed by atoms with van der Waals surface area (Å²) in [6.45, 7) is 1.99. The Morgan fingerprint density at radius 2 is 2.45 bits per heavy atom. The summed E-state index contributed by atoms with van der Waals surface area (Å²) in [5, 5.41) is 8.71. The van der Waals surface area contributed by atoms with Crippen LogP contribution in [0.2, 0.25) is 4.34 Å². The summed E-state index contributed by atoms with van der Waals surface area (Å²) in [4.78, 5) is 1.08. The molecule has 0 amide bonds. The molecule has 1 rings (SSSR count). The van der Waals surface area contributed by atoms with E-state index in [-0.39, 0.29) is 6.61 Å². The van der Waals surface area contributed by atoms with Crippen LogP contribution in [0.25, 0.3) is 6.08 Å². The zero-order chi connectivity index (χ0) is 8.27. The van der Waals surface area contributed by atoms with Gasteiger partial charge in [-0.2, -0.15) is 0 Å². The second kappa shape index (κ2) is 3.90. The molecule has 1 nitrogen and oxygen atoms in total. The van der Waals surface area contributed by atoms with Gasteiger partial charge >= 0.3 is 0 Å². The van der Waals surface area contributed by atoms with Gasteiger partial charge in [0.1, 0.15) is 0 Å². The van der Waals surface area contributed by atoms with Crippen LogP contribution >= 0.6 is 22.9 Å². The second-order valence-corrected chi connectivity index (χ2v) is 4.04. The van der Waals surface area contributed by atoms with Crippen molar-refractivity contribution in [2.45, 2.75) is 6.92 Å². The van der Waals surface area contributed by atoms with E-state index < -0.39 is 0 Å². The van der Waals surface area contributed by atoms with Gasteiger partial charge in [-0.1, -0.05) is 11.6 Å².